The molecule has 5 nitrogen and oxygen atoms in total. The molecule has 0 bridgehead atoms. The highest BCUT2D eigenvalue weighted by atomic mass is 35.5. The van der Waals surface area contributed by atoms with Crippen molar-refractivity contribution >= 4 is 35.0 Å². The summed E-state index contributed by atoms with van der Waals surface area (Å²) in [5.74, 6) is 0.584. The van der Waals surface area contributed by atoms with Crippen molar-refractivity contribution < 1.29 is 9.53 Å². The monoisotopic (exact) mass is 437 g/mol. The number of anilines is 2. The topological polar surface area (TPSA) is 65.4 Å². The highest BCUT2D eigenvalue weighted by Gasteiger charge is 2.34. The lowest BCUT2D eigenvalue weighted by Crippen LogP contribution is -2.45. The number of hydrogen-bond acceptors (Lipinski definition) is 4. The van der Waals surface area contributed by atoms with Gasteiger partial charge in [-0.05, 0) is 86.7 Å². The highest BCUT2D eigenvalue weighted by Crippen LogP contribution is 2.44. The first-order chi connectivity index (χ1) is 14.7. The Morgan fingerprint density at radius 1 is 1.35 bits per heavy atom. The van der Waals surface area contributed by atoms with Crippen LogP contribution in [-0.2, 0) is 4.79 Å². The Kier molecular flexibility index (Phi) is 6.62. The van der Waals surface area contributed by atoms with Crippen LogP contribution < -0.4 is 15.0 Å². The third-order valence-corrected chi connectivity index (χ3v) is 6.17. The number of nitrogens with one attached hydrogen (secondary N) is 1. The van der Waals surface area contributed by atoms with Gasteiger partial charge in [0.1, 0.15) is 17.4 Å². The molecule has 0 radical (unpaired) electrons. The van der Waals surface area contributed by atoms with Gasteiger partial charge in [-0.15, -0.1) is 0 Å². The Labute approximate surface area is 189 Å². The zero-order chi connectivity index (χ0) is 22.8. The fourth-order valence-corrected chi connectivity index (χ4v) is 4.23. The summed E-state index contributed by atoms with van der Waals surface area (Å²) in [6.07, 6.45) is 2.56. The van der Waals surface area contributed by atoms with E-state index in [0.717, 1.165) is 17.9 Å². The number of nitrogens with zero attached hydrogens (tertiary/aromatic N) is 2. The van der Waals surface area contributed by atoms with Gasteiger partial charge in [-0.1, -0.05) is 18.5 Å². The lowest BCUT2D eigenvalue weighted by molar-refractivity contribution is -0.112. The molecule has 1 atom stereocenters. The van der Waals surface area contributed by atoms with Crippen molar-refractivity contribution in [2.75, 3.05) is 23.9 Å². The van der Waals surface area contributed by atoms with E-state index in [0.29, 0.717) is 28.8 Å². The van der Waals surface area contributed by atoms with Crippen LogP contribution in [0.15, 0.2) is 42.0 Å². The van der Waals surface area contributed by atoms with Crippen LogP contribution in [0.25, 0.3) is 6.08 Å². The molecule has 2 aromatic carbocycles. The maximum absolute atomic E-state index is 12.7. The van der Waals surface area contributed by atoms with Crippen LogP contribution in [0.5, 0.6) is 5.75 Å². The molecule has 0 fully saturated rings. The number of amides is 1. The number of carbonyl (C=O) groups excluding carboxylic acids is 1. The van der Waals surface area contributed by atoms with Crippen LogP contribution in [0.1, 0.15) is 51.2 Å². The van der Waals surface area contributed by atoms with Crippen molar-refractivity contribution in [2.45, 2.75) is 45.6 Å². The van der Waals surface area contributed by atoms with Crippen LogP contribution >= 0.6 is 11.6 Å². The zero-order valence-corrected chi connectivity index (χ0v) is 19.4. The van der Waals surface area contributed by atoms with Gasteiger partial charge in [-0.25, -0.2) is 0 Å². The maximum atomic E-state index is 12.7. The van der Waals surface area contributed by atoms with E-state index in [9.17, 15) is 10.1 Å². The van der Waals surface area contributed by atoms with Crippen LogP contribution in [0, 0.1) is 11.3 Å². The van der Waals surface area contributed by atoms with Gasteiger partial charge in [0.15, 0.2) is 0 Å². The van der Waals surface area contributed by atoms with Gasteiger partial charge >= 0.3 is 0 Å². The molecule has 6 heteroatoms. The molecule has 1 heterocycles. The quantitative estimate of drug-likeness (QED) is 0.459. The molecule has 162 valence electrons. The Morgan fingerprint density at radius 2 is 2.03 bits per heavy atom. The Hall–Kier alpha value is -2.97. The first kappa shape index (κ1) is 22.7. The van der Waals surface area contributed by atoms with E-state index >= 15 is 0 Å². The fraction of sp³-hybridized carbons (Fsp3) is 0.360. The molecule has 0 aromatic heterocycles. The van der Waals surface area contributed by atoms with Gasteiger partial charge in [0.2, 0.25) is 0 Å². The maximum Gasteiger partial charge on any atom is 0.266 e. The number of carbonyl (C=O) groups is 1. The van der Waals surface area contributed by atoms with Crippen molar-refractivity contribution in [3.05, 3.63) is 58.1 Å². The predicted octanol–water partition coefficient (Wildman–Crippen LogP) is 6.01. The van der Waals surface area contributed by atoms with E-state index < -0.39 is 5.91 Å². The third-order valence-electron chi connectivity index (χ3n) is 5.84. The van der Waals surface area contributed by atoms with Gasteiger partial charge in [0.05, 0.1) is 6.61 Å². The van der Waals surface area contributed by atoms with Crippen molar-refractivity contribution in [2.24, 2.45) is 0 Å². The van der Waals surface area contributed by atoms with E-state index in [4.69, 9.17) is 16.3 Å². The summed E-state index contributed by atoms with van der Waals surface area (Å²) in [6, 6.07) is 12.9. The van der Waals surface area contributed by atoms with Crippen LogP contribution in [0.4, 0.5) is 11.4 Å². The second-order valence-electron chi connectivity index (χ2n) is 8.49. The van der Waals surface area contributed by atoms with Gasteiger partial charge in [-0.2, -0.15) is 5.26 Å². The summed E-state index contributed by atoms with van der Waals surface area (Å²) in [4.78, 5) is 14.9. The summed E-state index contributed by atoms with van der Waals surface area (Å²) in [5.41, 5.74) is 3.53. The van der Waals surface area contributed by atoms with Gasteiger partial charge < -0.3 is 15.0 Å². The summed E-state index contributed by atoms with van der Waals surface area (Å²) in [7, 11) is 2.07. The highest BCUT2D eigenvalue weighted by molar-refractivity contribution is 6.32. The van der Waals surface area contributed by atoms with Crippen LogP contribution in [-0.4, -0.2) is 25.1 Å². The van der Waals surface area contributed by atoms with E-state index in [-0.39, 0.29) is 11.1 Å². The summed E-state index contributed by atoms with van der Waals surface area (Å²) in [6.45, 7) is 9.10. The number of fused-ring (bicyclic) bond motifs is 1. The number of rotatable bonds is 5. The average Bonchev–Trinajstić information content (AvgIpc) is 2.72. The zero-order valence-electron chi connectivity index (χ0n) is 18.6. The van der Waals surface area contributed by atoms with Crippen molar-refractivity contribution in [1.29, 1.82) is 5.26 Å². The number of benzene rings is 2. The molecular formula is C25H28ClN3O2. The first-order valence-electron chi connectivity index (χ1n) is 10.4. The van der Waals surface area contributed by atoms with E-state index in [1.807, 2.05) is 25.1 Å². The van der Waals surface area contributed by atoms with Gasteiger partial charge in [0, 0.05) is 29.0 Å². The van der Waals surface area contributed by atoms with E-state index in [1.54, 1.807) is 30.3 Å². The minimum absolute atomic E-state index is 0.00659. The van der Waals surface area contributed by atoms with E-state index in [1.165, 1.54) is 5.56 Å². The SMILES string of the molecule is CCOc1ccc(NC(=O)/C(C#N)=C\c2cc3c(cc2Cl)N(C)C(C)(C)C[C@@H]3C)cc1. The standard InChI is InChI=1S/C25H28ClN3O2/c1-6-31-20-9-7-19(8-10-20)28-24(30)18(15-27)11-17-12-21-16(2)14-25(3,4)29(5)23(21)13-22(17)26/h7-13,16H,6,14H2,1-5H3,(H,28,30)/b18-11-/t16-/m0/s1. The molecule has 1 aliphatic heterocycles. The summed E-state index contributed by atoms with van der Waals surface area (Å²) in [5, 5.41) is 12.9. The molecule has 1 N–H and O–H groups in total. The summed E-state index contributed by atoms with van der Waals surface area (Å²) >= 11 is 6.55. The molecule has 0 spiro atoms. The molecule has 0 unspecified atom stereocenters. The molecule has 0 saturated heterocycles. The molecule has 1 amide bonds. The molecule has 3 rings (SSSR count). The molecule has 31 heavy (non-hydrogen) atoms. The second kappa shape index (κ2) is 9.03. The second-order valence-corrected chi connectivity index (χ2v) is 8.90. The van der Waals surface area contributed by atoms with Gasteiger partial charge in [-0.3, -0.25) is 4.79 Å². The van der Waals surface area contributed by atoms with Crippen molar-refractivity contribution in [3.8, 4) is 11.8 Å². The average molecular weight is 438 g/mol. The Bertz CT molecular complexity index is 1050. The Balaban J connectivity index is 1.88. The number of nitriles is 1. The predicted molar refractivity (Wildman–Crippen MR) is 127 cm³/mol. The minimum atomic E-state index is -0.480. The molecule has 0 aliphatic carbocycles. The molecule has 2 aromatic rings. The largest absolute Gasteiger partial charge is 0.494 e. The van der Waals surface area contributed by atoms with Crippen molar-refractivity contribution in [1.82, 2.24) is 0 Å². The smallest absolute Gasteiger partial charge is 0.266 e. The van der Waals surface area contributed by atoms with Gasteiger partial charge in [0.25, 0.3) is 5.91 Å². The molecule has 1 aliphatic rings. The normalized spacial score (nSPS) is 17.5. The Morgan fingerprint density at radius 3 is 2.65 bits per heavy atom. The molecular weight excluding hydrogens is 410 g/mol. The number of hydrogen-bond donors (Lipinski definition) is 1. The fourth-order valence-electron chi connectivity index (χ4n) is 4.02. The minimum Gasteiger partial charge on any atom is -0.494 e. The van der Waals surface area contributed by atoms with Crippen molar-refractivity contribution in [3.63, 3.8) is 0 Å². The van der Waals surface area contributed by atoms with Crippen LogP contribution in [0.3, 0.4) is 0 Å². The first-order valence-corrected chi connectivity index (χ1v) is 10.8. The molecule has 0 saturated carbocycles. The number of ether oxygens (including phenoxy) is 1. The number of halogens is 1. The lowest BCUT2D eigenvalue weighted by Gasteiger charge is -2.45. The third kappa shape index (κ3) is 4.86. The van der Waals surface area contributed by atoms with Crippen LogP contribution in [0.2, 0.25) is 5.02 Å². The van der Waals surface area contributed by atoms with E-state index in [2.05, 4.69) is 38.0 Å². The summed E-state index contributed by atoms with van der Waals surface area (Å²) < 4.78 is 5.41. The lowest BCUT2D eigenvalue weighted by atomic mass is 9.80.